The molecule has 0 aliphatic heterocycles. The number of carboxylic acids is 1. The molecule has 0 aromatic rings. The molecule has 0 bridgehead atoms. The molecule has 1 saturated carbocycles. The van der Waals surface area contributed by atoms with Crippen molar-refractivity contribution in [3.63, 3.8) is 0 Å². The van der Waals surface area contributed by atoms with Gasteiger partial charge in [-0.2, -0.15) is 0 Å². The Balaban J connectivity index is 2.42. The maximum atomic E-state index is 12.3. The smallest absolute Gasteiger partial charge is 0.303 e. The van der Waals surface area contributed by atoms with E-state index in [-0.39, 0.29) is 12.3 Å². The Morgan fingerprint density at radius 2 is 1.79 bits per heavy atom. The number of carbonyl (C=O) groups is 2. The van der Waals surface area contributed by atoms with Crippen LogP contribution in [0.25, 0.3) is 0 Å². The Hall–Kier alpha value is -1.06. The summed E-state index contributed by atoms with van der Waals surface area (Å²) >= 11 is 0. The Kier molecular flexibility index (Phi) is 6.32. The first-order chi connectivity index (χ1) is 8.97. The van der Waals surface area contributed by atoms with E-state index in [4.69, 9.17) is 5.11 Å². The third-order valence-electron chi connectivity index (χ3n) is 4.17. The summed E-state index contributed by atoms with van der Waals surface area (Å²) in [5, 5.41) is 8.58. The Morgan fingerprint density at radius 3 is 2.26 bits per heavy atom. The summed E-state index contributed by atoms with van der Waals surface area (Å²) in [6, 6.07) is 0.737. The lowest BCUT2D eigenvalue weighted by Gasteiger charge is -2.33. The summed E-state index contributed by atoms with van der Waals surface area (Å²) in [5.74, 6) is -0.0521. The van der Waals surface area contributed by atoms with Crippen LogP contribution >= 0.6 is 0 Å². The van der Waals surface area contributed by atoms with Gasteiger partial charge in [-0.3, -0.25) is 9.59 Å². The van der Waals surface area contributed by atoms with Crippen molar-refractivity contribution >= 4 is 11.9 Å². The molecule has 0 spiro atoms. The normalized spacial score (nSPS) is 17.8. The highest BCUT2D eigenvalue weighted by Crippen LogP contribution is 2.32. The van der Waals surface area contributed by atoms with Crippen LogP contribution in [0.15, 0.2) is 0 Å². The molecule has 0 heterocycles. The van der Waals surface area contributed by atoms with Gasteiger partial charge in [-0.1, -0.05) is 20.3 Å². The van der Waals surface area contributed by atoms with Crippen LogP contribution in [0.5, 0.6) is 0 Å². The van der Waals surface area contributed by atoms with Crippen molar-refractivity contribution in [3.05, 3.63) is 0 Å². The maximum Gasteiger partial charge on any atom is 0.303 e. The van der Waals surface area contributed by atoms with E-state index < -0.39 is 5.97 Å². The molecule has 1 fully saturated rings. The molecule has 2 unspecified atom stereocenters. The van der Waals surface area contributed by atoms with Crippen molar-refractivity contribution in [2.75, 3.05) is 0 Å². The second-order valence-corrected chi connectivity index (χ2v) is 5.76. The third-order valence-corrected chi connectivity index (χ3v) is 4.17. The van der Waals surface area contributed by atoms with Gasteiger partial charge < -0.3 is 10.0 Å². The van der Waals surface area contributed by atoms with Crippen molar-refractivity contribution in [2.45, 2.75) is 77.8 Å². The van der Waals surface area contributed by atoms with Crippen molar-refractivity contribution in [3.8, 4) is 0 Å². The summed E-state index contributed by atoms with van der Waals surface area (Å²) in [6.45, 7) is 6.49. The lowest BCUT2D eigenvalue weighted by atomic mass is 9.98. The zero-order chi connectivity index (χ0) is 14.4. The summed E-state index contributed by atoms with van der Waals surface area (Å²) in [4.78, 5) is 24.8. The van der Waals surface area contributed by atoms with Crippen LogP contribution in [-0.2, 0) is 9.59 Å². The van der Waals surface area contributed by atoms with E-state index in [0.29, 0.717) is 37.3 Å². The van der Waals surface area contributed by atoms with Gasteiger partial charge in [0.25, 0.3) is 0 Å². The van der Waals surface area contributed by atoms with Crippen molar-refractivity contribution in [1.82, 2.24) is 4.90 Å². The molecular weight excluding hydrogens is 242 g/mol. The zero-order valence-corrected chi connectivity index (χ0v) is 12.4. The largest absolute Gasteiger partial charge is 0.481 e. The highest BCUT2D eigenvalue weighted by molar-refractivity contribution is 5.77. The van der Waals surface area contributed by atoms with Crippen LogP contribution in [0, 0.1) is 5.92 Å². The van der Waals surface area contributed by atoms with Crippen LogP contribution in [0.1, 0.15) is 65.7 Å². The molecule has 1 rings (SSSR count). The maximum absolute atomic E-state index is 12.3. The molecule has 4 nitrogen and oxygen atoms in total. The highest BCUT2D eigenvalue weighted by Gasteiger charge is 2.36. The Morgan fingerprint density at radius 1 is 1.21 bits per heavy atom. The third kappa shape index (κ3) is 5.21. The second kappa shape index (κ2) is 7.51. The lowest BCUT2D eigenvalue weighted by molar-refractivity contribution is -0.138. The fourth-order valence-corrected chi connectivity index (χ4v) is 2.41. The minimum atomic E-state index is -0.778. The predicted octanol–water partition coefficient (Wildman–Crippen LogP) is 3.06. The van der Waals surface area contributed by atoms with E-state index in [9.17, 15) is 9.59 Å². The fourth-order valence-electron chi connectivity index (χ4n) is 2.41. The number of hydrogen-bond donors (Lipinski definition) is 1. The first kappa shape index (κ1) is 16.0. The highest BCUT2D eigenvalue weighted by atomic mass is 16.4. The topological polar surface area (TPSA) is 57.6 Å². The van der Waals surface area contributed by atoms with Gasteiger partial charge in [-0.05, 0) is 38.5 Å². The summed E-state index contributed by atoms with van der Waals surface area (Å²) < 4.78 is 0. The van der Waals surface area contributed by atoms with E-state index in [0.717, 1.165) is 19.3 Å². The van der Waals surface area contributed by atoms with Crippen LogP contribution in [0.4, 0.5) is 0 Å². The molecule has 2 atom stereocenters. The van der Waals surface area contributed by atoms with Crippen molar-refractivity contribution < 1.29 is 14.7 Å². The number of carboxylic acid groups (broad SMARTS) is 1. The molecule has 1 aliphatic carbocycles. The molecule has 1 N–H and O–H groups in total. The van der Waals surface area contributed by atoms with E-state index in [1.54, 1.807) is 0 Å². The molecular formula is C15H27NO3. The first-order valence-corrected chi connectivity index (χ1v) is 7.50. The lowest BCUT2D eigenvalue weighted by Crippen LogP contribution is -2.43. The van der Waals surface area contributed by atoms with Gasteiger partial charge in [-0.25, -0.2) is 0 Å². The molecule has 4 heteroatoms. The monoisotopic (exact) mass is 269 g/mol. The van der Waals surface area contributed by atoms with Crippen LogP contribution in [0.2, 0.25) is 0 Å². The number of amides is 1. The average Bonchev–Trinajstić information content (AvgIpc) is 3.18. The molecule has 110 valence electrons. The van der Waals surface area contributed by atoms with Crippen LogP contribution in [-0.4, -0.2) is 34.0 Å². The summed E-state index contributed by atoms with van der Waals surface area (Å²) in [6.07, 6.45) is 5.26. The molecule has 0 radical (unpaired) electrons. The molecule has 1 amide bonds. The van der Waals surface area contributed by atoms with Crippen molar-refractivity contribution in [2.24, 2.45) is 5.92 Å². The summed E-state index contributed by atoms with van der Waals surface area (Å²) in [5.41, 5.74) is 0. The van der Waals surface area contributed by atoms with Gasteiger partial charge in [0.1, 0.15) is 0 Å². The van der Waals surface area contributed by atoms with Gasteiger partial charge in [0.2, 0.25) is 5.91 Å². The number of rotatable bonds is 9. The van der Waals surface area contributed by atoms with Gasteiger partial charge in [0.05, 0.1) is 0 Å². The standard InChI is InChI=1S/C15H27NO3/c1-4-11(2)12(3)16(13-9-10-13)14(17)7-5-6-8-15(18)19/h11-13H,4-10H2,1-3H3,(H,18,19). The zero-order valence-electron chi connectivity index (χ0n) is 12.4. The van der Waals surface area contributed by atoms with E-state index in [1.807, 2.05) is 0 Å². The van der Waals surface area contributed by atoms with Gasteiger partial charge in [0.15, 0.2) is 0 Å². The number of hydrogen-bond acceptors (Lipinski definition) is 2. The number of unbranched alkanes of at least 4 members (excludes halogenated alkanes) is 1. The molecule has 0 aromatic carbocycles. The quantitative estimate of drug-likeness (QED) is 0.654. The Bertz CT molecular complexity index is 313. The molecule has 0 aromatic heterocycles. The van der Waals surface area contributed by atoms with Gasteiger partial charge >= 0.3 is 5.97 Å². The van der Waals surface area contributed by atoms with Gasteiger partial charge in [0, 0.05) is 24.9 Å². The minimum absolute atomic E-state index is 0.164. The molecule has 19 heavy (non-hydrogen) atoms. The molecule has 1 aliphatic rings. The SMILES string of the molecule is CCC(C)C(C)N(C(=O)CCCCC(=O)O)C1CC1. The second-order valence-electron chi connectivity index (χ2n) is 5.76. The van der Waals surface area contributed by atoms with Crippen LogP contribution < -0.4 is 0 Å². The van der Waals surface area contributed by atoms with Crippen LogP contribution in [0.3, 0.4) is 0 Å². The van der Waals surface area contributed by atoms with E-state index in [1.165, 1.54) is 0 Å². The van der Waals surface area contributed by atoms with E-state index >= 15 is 0 Å². The first-order valence-electron chi connectivity index (χ1n) is 7.50. The van der Waals surface area contributed by atoms with Crippen molar-refractivity contribution in [1.29, 1.82) is 0 Å². The number of carbonyl (C=O) groups excluding carboxylic acids is 1. The number of aliphatic carboxylic acids is 1. The fraction of sp³-hybridized carbons (Fsp3) is 0.867. The summed E-state index contributed by atoms with van der Waals surface area (Å²) in [7, 11) is 0. The molecule has 0 saturated heterocycles. The van der Waals surface area contributed by atoms with Gasteiger partial charge in [-0.15, -0.1) is 0 Å². The van der Waals surface area contributed by atoms with E-state index in [2.05, 4.69) is 25.7 Å². The predicted molar refractivity (Wildman–Crippen MR) is 74.9 cm³/mol. The number of nitrogens with zero attached hydrogens (tertiary/aromatic N) is 1. The minimum Gasteiger partial charge on any atom is -0.481 e. The Labute approximate surface area is 116 Å². The average molecular weight is 269 g/mol.